The maximum absolute atomic E-state index is 13.7. The van der Waals surface area contributed by atoms with Crippen molar-refractivity contribution in [2.24, 2.45) is 0 Å². The fraction of sp³-hybridized carbons (Fsp3) is 0.154. The van der Waals surface area contributed by atoms with Crippen LogP contribution in [-0.2, 0) is 16.1 Å². The van der Waals surface area contributed by atoms with Crippen molar-refractivity contribution in [1.29, 1.82) is 0 Å². The fourth-order valence-electron chi connectivity index (χ4n) is 3.94. The second-order valence-electron chi connectivity index (χ2n) is 7.50. The Bertz CT molecular complexity index is 1170. The molecule has 0 atom stereocenters. The van der Waals surface area contributed by atoms with Crippen molar-refractivity contribution < 1.29 is 14.3 Å². The number of hydrogen-bond donors (Lipinski definition) is 0. The van der Waals surface area contributed by atoms with Crippen LogP contribution in [0.25, 0.3) is 5.57 Å². The van der Waals surface area contributed by atoms with Crippen molar-refractivity contribution in [3.63, 3.8) is 0 Å². The van der Waals surface area contributed by atoms with Crippen LogP contribution in [0.2, 0.25) is 0 Å². The standard InChI is InChI=1S/C26H24N2O3/c1-18-11-7-9-15-21(18)28-25(29)23(20-14-8-10-16-22(20)31-3)24(26(28)30)27(2)17-19-12-5-4-6-13-19/h4-16H,17H2,1-3H3. The average molecular weight is 412 g/mol. The molecular weight excluding hydrogens is 388 g/mol. The van der Waals surface area contributed by atoms with Gasteiger partial charge in [-0.2, -0.15) is 0 Å². The number of likely N-dealkylation sites (N-methyl/N-ethyl adjacent to an activating group) is 1. The monoisotopic (exact) mass is 412 g/mol. The number of amides is 2. The van der Waals surface area contributed by atoms with E-state index in [1.54, 1.807) is 19.2 Å². The van der Waals surface area contributed by atoms with Gasteiger partial charge in [-0.15, -0.1) is 0 Å². The first-order valence-corrected chi connectivity index (χ1v) is 10.1. The first-order valence-electron chi connectivity index (χ1n) is 10.1. The first-order chi connectivity index (χ1) is 15.0. The summed E-state index contributed by atoms with van der Waals surface area (Å²) in [6, 6.07) is 24.6. The molecule has 5 heteroatoms. The van der Waals surface area contributed by atoms with Gasteiger partial charge in [0.2, 0.25) is 0 Å². The molecule has 1 aliphatic heterocycles. The van der Waals surface area contributed by atoms with E-state index in [1.165, 1.54) is 4.90 Å². The molecule has 1 aliphatic rings. The third kappa shape index (κ3) is 3.70. The summed E-state index contributed by atoms with van der Waals surface area (Å²) in [4.78, 5) is 30.4. The summed E-state index contributed by atoms with van der Waals surface area (Å²) in [5, 5.41) is 0. The highest BCUT2D eigenvalue weighted by molar-refractivity contribution is 6.45. The zero-order chi connectivity index (χ0) is 22.0. The van der Waals surface area contributed by atoms with Crippen molar-refractivity contribution >= 4 is 23.1 Å². The number of imide groups is 1. The van der Waals surface area contributed by atoms with Crippen LogP contribution in [0.15, 0.2) is 84.6 Å². The normalized spacial score (nSPS) is 13.7. The minimum Gasteiger partial charge on any atom is -0.496 e. The van der Waals surface area contributed by atoms with E-state index >= 15 is 0 Å². The molecule has 2 amide bonds. The van der Waals surface area contributed by atoms with Gasteiger partial charge in [0.25, 0.3) is 11.8 Å². The van der Waals surface area contributed by atoms with Gasteiger partial charge in [-0.3, -0.25) is 9.59 Å². The maximum Gasteiger partial charge on any atom is 0.282 e. The van der Waals surface area contributed by atoms with Crippen LogP contribution < -0.4 is 9.64 Å². The molecule has 0 radical (unpaired) electrons. The number of methoxy groups -OCH3 is 1. The van der Waals surface area contributed by atoms with Gasteiger partial charge in [0.15, 0.2) is 0 Å². The lowest BCUT2D eigenvalue weighted by atomic mass is 10.0. The van der Waals surface area contributed by atoms with E-state index in [9.17, 15) is 9.59 Å². The highest BCUT2D eigenvalue weighted by atomic mass is 16.5. The van der Waals surface area contributed by atoms with Crippen molar-refractivity contribution in [2.45, 2.75) is 13.5 Å². The van der Waals surface area contributed by atoms with Crippen molar-refractivity contribution in [2.75, 3.05) is 19.1 Å². The zero-order valence-corrected chi connectivity index (χ0v) is 17.8. The van der Waals surface area contributed by atoms with E-state index in [0.29, 0.717) is 34.8 Å². The average Bonchev–Trinajstić information content (AvgIpc) is 3.04. The molecule has 156 valence electrons. The zero-order valence-electron chi connectivity index (χ0n) is 17.8. The molecule has 1 heterocycles. The van der Waals surface area contributed by atoms with Crippen LogP contribution in [0.3, 0.4) is 0 Å². The fourth-order valence-corrected chi connectivity index (χ4v) is 3.94. The van der Waals surface area contributed by atoms with Gasteiger partial charge >= 0.3 is 0 Å². The van der Waals surface area contributed by atoms with Gasteiger partial charge in [-0.05, 0) is 30.2 Å². The third-order valence-corrected chi connectivity index (χ3v) is 5.44. The summed E-state index contributed by atoms with van der Waals surface area (Å²) in [6.07, 6.45) is 0. The molecule has 0 N–H and O–H groups in total. The Morgan fingerprint density at radius 1 is 0.839 bits per heavy atom. The number of ether oxygens (including phenoxy) is 1. The number of carbonyl (C=O) groups excluding carboxylic acids is 2. The van der Waals surface area contributed by atoms with Gasteiger partial charge < -0.3 is 9.64 Å². The predicted octanol–water partition coefficient (Wildman–Crippen LogP) is 4.42. The minimum atomic E-state index is -0.348. The van der Waals surface area contributed by atoms with E-state index < -0.39 is 0 Å². The molecule has 0 fully saturated rings. The summed E-state index contributed by atoms with van der Waals surface area (Å²) >= 11 is 0. The van der Waals surface area contributed by atoms with E-state index in [0.717, 1.165) is 11.1 Å². The number of carbonyl (C=O) groups is 2. The quantitative estimate of drug-likeness (QED) is 0.563. The highest BCUT2D eigenvalue weighted by Gasteiger charge is 2.43. The number of rotatable bonds is 6. The summed E-state index contributed by atoms with van der Waals surface area (Å²) < 4.78 is 5.52. The Morgan fingerprint density at radius 3 is 2.19 bits per heavy atom. The number of aryl methyl sites for hydroxylation is 1. The number of anilines is 1. The Morgan fingerprint density at radius 2 is 1.48 bits per heavy atom. The number of nitrogens with zero attached hydrogens (tertiary/aromatic N) is 2. The van der Waals surface area contributed by atoms with Crippen LogP contribution in [-0.4, -0.2) is 30.9 Å². The molecule has 3 aromatic rings. The lowest BCUT2D eigenvalue weighted by Crippen LogP contribution is -2.34. The number of hydrogen-bond acceptors (Lipinski definition) is 4. The Labute approximate surface area is 182 Å². The molecule has 0 saturated carbocycles. The van der Waals surface area contributed by atoms with E-state index in [-0.39, 0.29) is 11.8 Å². The number of para-hydroxylation sites is 2. The topological polar surface area (TPSA) is 49.9 Å². The van der Waals surface area contributed by atoms with Crippen LogP contribution in [0, 0.1) is 6.92 Å². The smallest absolute Gasteiger partial charge is 0.282 e. The van der Waals surface area contributed by atoms with E-state index in [1.807, 2.05) is 85.6 Å². The van der Waals surface area contributed by atoms with Crippen LogP contribution in [0.1, 0.15) is 16.7 Å². The lowest BCUT2D eigenvalue weighted by Gasteiger charge is -2.22. The van der Waals surface area contributed by atoms with Gasteiger partial charge in [0.05, 0.1) is 18.4 Å². The van der Waals surface area contributed by atoms with Crippen LogP contribution >= 0.6 is 0 Å². The maximum atomic E-state index is 13.7. The minimum absolute atomic E-state index is 0.335. The second kappa shape index (κ2) is 8.48. The lowest BCUT2D eigenvalue weighted by molar-refractivity contribution is -0.120. The van der Waals surface area contributed by atoms with Gasteiger partial charge in [-0.1, -0.05) is 66.7 Å². The van der Waals surface area contributed by atoms with Gasteiger partial charge in [-0.25, -0.2) is 4.90 Å². The molecule has 0 unspecified atom stereocenters. The van der Waals surface area contributed by atoms with Crippen LogP contribution in [0.5, 0.6) is 5.75 Å². The Balaban J connectivity index is 1.86. The SMILES string of the molecule is COc1ccccc1C1=C(N(C)Cc2ccccc2)C(=O)N(c2ccccc2C)C1=O. The summed E-state index contributed by atoms with van der Waals surface area (Å²) in [6.45, 7) is 2.39. The molecular formula is C26H24N2O3. The second-order valence-corrected chi connectivity index (χ2v) is 7.50. The van der Waals surface area contributed by atoms with Crippen molar-refractivity contribution in [1.82, 2.24) is 4.90 Å². The molecule has 5 nitrogen and oxygen atoms in total. The molecule has 4 rings (SSSR count). The Kier molecular flexibility index (Phi) is 5.58. The van der Waals surface area contributed by atoms with Gasteiger partial charge in [0, 0.05) is 19.2 Å². The predicted molar refractivity (Wildman–Crippen MR) is 121 cm³/mol. The number of benzene rings is 3. The molecule has 3 aromatic carbocycles. The van der Waals surface area contributed by atoms with Crippen molar-refractivity contribution in [3.05, 3.63) is 101 Å². The molecule has 0 saturated heterocycles. The third-order valence-electron chi connectivity index (χ3n) is 5.44. The molecule has 0 aromatic heterocycles. The largest absolute Gasteiger partial charge is 0.496 e. The molecule has 0 spiro atoms. The van der Waals surface area contributed by atoms with Gasteiger partial charge in [0.1, 0.15) is 11.4 Å². The molecule has 0 aliphatic carbocycles. The highest BCUT2D eigenvalue weighted by Crippen LogP contribution is 2.38. The molecule has 0 bridgehead atoms. The summed E-state index contributed by atoms with van der Waals surface area (Å²) in [7, 11) is 3.40. The molecule has 31 heavy (non-hydrogen) atoms. The summed E-state index contributed by atoms with van der Waals surface area (Å²) in [5.74, 6) is -0.131. The van der Waals surface area contributed by atoms with E-state index in [2.05, 4.69) is 0 Å². The van der Waals surface area contributed by atoms with E-state index in [4.69, 9.17) is 4.74 Å². The first kappa shape index (κ1) is 20.4. The Hall–Kier alpha value is -3.86. The summed E-state index contributed by atoms with van der Waals surface area (Å²) in [5.41, 5.74) is 3.81. The van der Waals surface area contributed by atoms with Crippen LogP contribution in [0.4, 0.5) is 5.69 Å². The van der Waals surface area contributed by atoms with Crippen molar-refractivity contribution in [3.8, 4) is 5.75 Å².